The lowest BCUT2D eigenvalue weighted by atomic mass is 10.0. The third-order valence-corrected chi connectivity index (χ3v) is 4.52. The molecule has 0 bridgehead atoms. The molecule has 5 nitrogen and oxygen atoms in total. The Morgan fingerprint density at radius 2 is 2.18 bits per heavy atom. The van der Waals surface area contributed by atoms with Crippen LogP contribution in [-0.4, -0.2) is 33.3 Å². The first-order valence-corrected chi connectivity index (χ1v) is 7.99. The highest BCUT2D eigenvalue weighted by molar-refractivity contribution is 5.31. The van der Waals surface area contributed by atoms with Crippen molar-refractivity contribution in [2.75, 3.05) is 13.7 Å². The molecule has 1 atom stereocenters. The molecule has 1 aromatic heterocycles. The van der Waals surface area contributed by atoms with Crippen LogP contribution >= 0.6 is 0 Å². The van der Waals surface area contributed by atoms with Crippen LogP contribution in [-0.2, 0) is 13.1 Å². The lowest BCUT2D eigenvalue weighted by Gasteiger charge is -2.24. The average Bonchev–Trinajstić information content (AvgIpc) is 3.14. The van der Waals surface area contributed by atoms with Crippen LogP contribution in [0.3, 0.4) is 0 Å². The standard InChI is InChI=1S/C17H24N4O/c1-4-21-13(2)18-19-17(21)12-20-10-6-9-16(20)14-7-5-8-15(11-14)22-3/h5,7-8,11,16H,4,6,9-10,12H2,1-3H3. The highest BCUT2D eigenvalue weighted by Gasteiger charge is 2.27. The second-order valence-electron chi connectivity index (χ2n) is 5.81. The number of hydrogen-bond acceptors (Lipinski definition) is 4. The monoisotopic (exact) mass is 300 g/mol. The molecule has 1 aromatic carbocycles. The number of rotatable bonds is 5. The third-order valence-electron chi connectivity index (χ3n) is 4.52. The van der Waals surface area contributed by atoms with Crippen LogP contribution in [0.1, 0.15) is 43.0 Å². The number of hydrogen-bond donors (Lipinski definition) is 0. The summed E-state index contributed by atoms with van der Waals surface area (Å²) in [4.78, 5) is 2.50. The van der Waals surface area contributed by atoms with Gasteiger partial charge in [-0.15, -0.1) is 10.2 Å². The molecule has 5 heteroatoms. The number of likely N-dealkylation sites (tertiary alicyclic amines) is 1. The number of ether oxygens (including phenoxy) is 1. The van der Waals surface area contributed by atoms with Gasteiger partial charge in [-0.1, -0.05) is 12.1 Å². The molecule has 0 aliphatic carbocycles. The van der Waals surface area contributed by atoms with Gasteiger partial charge in [0.25, 0.3) is 0 Å². The Morgan fingerprint density at radius 3 is 2.95 bits per heavy atom. The molecule has 0 saturated carbocycles. The van der Waals surface area contributed by atoms with Crippen LogP contribution in [0.4, 0.5) is 0 Å². The third kappa shape index (κ3) is 2.86. The average molecular weight is 300 g/mol. The van der Waals surface area contributed by atoms with Crippen LogP contribution < -0.4 is 4.74 Å². The Kier molecular flexibility index (Phi) is 4.43. The van der Waals surface area contributed by atoms with Gasteiger partial charge in [-0.2, -0.15) is 0 Å². The zero-order chi connectivity index (χ0) is 15.5. The van der Waals surface area contributed by atoms with Crippen LogP contribution in [0.2, 0.25) is 0 Å². The quantitative estimate of drug-likeness (QED) is 0.851. The zero-order valence-corrected chi connectivity index (χ0v) is 13.6. The predicted octanol–water partition coefficient (Wildman–Crippen LogP) is 2.95. The molecule has 1 aliphatic heterocycles. The molecule has 1 aliphatic rings. The molecule has 3 rings (SSSR count). The molecule has 0 radical (unpaired) electrons. The second-order valence-corrected chi connectivity index (χ2v) is 5.81. The molecule has 1 fully saturated rings. The van der Waals surface area contributed by atoms with Crippen molar-refractivity contribution in [3.63, 3.8) is 0 Å². The summed E-state index contributed by atoms with van der Waals surface area (Å²) >= 11 is 0. The Morgan fingerprint density at radius 1 is 1.32 bits per heavy atom. The summed E-state index contributed by atoms with van der Waals surface area (Å²) in [6, 6.07) is 8.86. The van der Waals surface area contributed by atoms with Crippen molar-refractivity contribution in [3.8, 4) is 5.75 Å². The Hall–Kier alpha value is -1.88. The fourth-order valence-electron chi connectivity index (χ4n) is 3.38. The van der Waals surface area contributed by atoms with E-state index in [0.29, 0.717) is 6.04 Å². The highest BCUT2D eigenvalue weighted by atomic mass is 16.5. The molecule has 0 spiro atoms. The van der Waals surface area contributed by atoms with Crippen LogP contribution in [0.15, 0.2) is 24.3 Å². The maximum Gasteiger partial charge on any atom is 0.147 e. The van der Waals surface area contributed by atoms with Gasteiger partial charge in [0.1, 0.15) is 17.4 Å². The number of aromatic nitrogens is 3. The van der Waals surface area contributed by atoms with Crippen molar-refractivity contribution in [2.24, 2.45) is 0 Å². The van der Waals surface area contributed by atoms with Crippen molar-refractivity contribution in [1.82, 2.24) is 19.7 Å². The van der Waals surface area contributed by atoms with E-state index in [0.717, 1.165) is 37.0 Å². The van der Waals surface area contributed by atoms with E-state index in [1.807, 2.05) is 13.0 Å². The SMILES string of the molecule is CCn1c(C)nnc1CN1CCCC1c1cccc(OC)c1. The number of methoxy groups -OCH3 is 1. The molecular weight excluding hydrogens is 276 g/mol. The first kappa shape index (κ1) is 15.0. The molecule has 1 saturated heterocycles. The maximum atomic E-state index is 5.36. The van der Waals surface area contributed by atoms with Gasteiger partial charge in [-0.3, -0.25) is 4.90 Å². The first-order valence-electron chi connectivity index (χ1n) is 7.99. The van der Waals surface area contributed by atoms with Gasteiger partial charge in [-0.25, -0.2) is 0 Å². The maximum absolute atomic E-state index is 5.36. The molecule has 118 valence electrons. The summed E-state index contributed by atoms with van der Waals surface area (Å²) in [5.74, 6) is 2.99. The summed E-state index contributed by atoms with van der Waals surface area (Å²) in [5, 5.41) is 8.58. The van der Waals surface area contributed by atoms with E-state index in [1.54, 1.807) is 7.11 Å². The van der Waals surface area contributed by atoms with E-state index >= 15 is 0 Å². The first-order chi connectivity index (χ1) is 10.7. The van der Waals surface area contributed by atoms with Gasteiger partial charge in [0, 0.05) is 12.6 Å². The number of benzene rings is 1. The van der Waals surface area contributed by atoms with E-state index in [9.17, 15) is 0 Å². The zero-order valence-electron chi connectivity index (χ0n) is 13.6. The lowest BCUT2D eigenvalue weighted by molar-refractivity contribution is 0.238. The number of nitrogens with zero attached hydrogens (tertiary/aromatic N) is 4. The van der Waals surface area contributed by atoms with Gasteiger partial charge < -0.3 is 9.30 Å². The topological polar surface area (TPSA) is 43.2 Å². The van der Waals surface area contributed by atoms with E-state index < -0.39 is 0 Å². The van der Waals surface area contributed by atoms with Crippen LogP contribution in [0, 0.1) is 6.92 Å². The molecule has 2 heterocycles. The Balaban J connectivity index is 1.80. The molecular formula is C17H24N4O. The van der Waals surface area contributed by atoms with E-state index in [-0.39, 0.29) is 0 Å². The smallest absolute Gasteiger partial charge is 0.147 e. The van der Waals surface area contributed by atoms with Crippen LogP contribution in [0.5, 0.6) is 5.75 Å². The van der Waals surface area contributed by atoms with Gasteiger partial charge in [0.05, 0.1) is 13.7 Å². The molecule has 0 amide bonds. The van der Waals surface area contributed by atoms with Crippen molar-refractivity contribution >= 4 is 0 Å². The Labute approximate surface area is 131 Å². The van der Waals surface area contributed by atoms with E-state index in [4.69, 9.17) is 4.74 Å². The lowest BCUT2D eigenvalue weighted by Crippen LogP contribution is -2.25. The summed E-state index contributed by atoms with van der Waals surface area (Å²) in [5.41, 5.74) is 1.33. The van der Waals surface area contributed by atoms with Crippen molar-refractivity contribution in [1.29, 1.82) is 0 Å². The highest BCUT2D eigenvalue weighted by Crippen LogP contribution is 2.34. The van der Waals surface area contributed by atoms with E-state index in [1.165, 1.54) is 18.4 Å². The fraction of sp³-hybridized carbons (Fsp3) is 0.529. The Bertz CT molecular complexity index is 637. The summed E-state index contributed by atoms with van der Waals surface area (Å²) in [6.07, 6.45) is 2.41. The largest absolute Gasteiger partial charge is 0.497 e. The van der Waals surface area contributed by atoms with Gasteiger partial charge in [0.15, 0.2) is 0 Å². The second kappa shape index (κ2) is 6.48. The summed E-state index contributed by atoms with van der Waals surface area (Å²) < 4.78 is 7.56. The fourth-order valence-corrected chi connectivity index (χ4v) is 3.38. The minimum absolute atomic E-state index is 0.442. The summed E-state index contributed by atoms with van der Waals surface area (Å²) in [6.45, 7) is 7.05. The molecule has 22 heavy (non-hydrogen) atoms. The van der Waals surface area contributed by atoms with Crippen molar-refractivity contribution < 1.29 is 4.74 Å². The minimum Gasteiger partial charge on any atom is -0.497 e. The van der Waals surface area contributed by atoms with Gasteiger partial charge >= 0.3 is 0 Å². The van der Waals surface area contributed by atoms with Gasteiger partial charge in [-0.05, 0) is 50.9 Å². The predicted molar refractivity (Wildman–Crippen MR) is 85.8 cm³/mol. The van der Waals surface area contributed by atoms with E-state index in [2.05, 4.69) is 44.8 Å². The molecule has 0 N–H and O–H groups in total. The van der Waals surface area contributed by atoms with Crippen LogP contribution in [0.25, 0.3) is 0 Å². The number of aryl methyl sites for hydroxylation is 1. The van der Waals surface area contributed by atoms with Crippen molar-refractivity contribution in [2.45, 2.75) is 45.8 Å². The minimum atomic E-state index is 0.442. The van der Waals surface area contributed by atoms with Crippen molar-refractivity contribution in [3.05, 3.63) is 41.5 Å². The molecule has 2 aromatic rings. The summed E-state index contributed by atoms with van der Waals surface area (Å²) in [7, 11) is 1.72. The molecule has 1 unspecified atom stereocenters. The normalized spacial score (nSPS) is 18.8. The van der Waals surface area contributed by atoms with Gasteiger partial charge in [0.2, 0.25) is 0 Å².